The van der Waals surface area contributed by atoms with E-state index in [9.17, 15) is 8.78 Å². The molecule has 0 unspecified atom stereocenters. The Morgan fingerprint density at radius 1 is 0.826 bits per heavy atom. The van der Waals surface area contributed by atoms with E-state index in [0.717, 1.165) is 24.0 Å². The van der Waals surface area contributed by atoms with Gasteiger partial charge in [0.15, 0.2) is 5.83 Å². The Bertz CT molecular complexity index is 726. The summed E-state index contributed by atoms with van der Waals surface area (Å²) in [6.45, 7) is 3.74. The van der Waals surface area contributed by atoms with Gasteiger partial charge in [0, 0.05) is 16.7 Å². The third kappa shape index (κ3) is 4.79. The fourth-order valence-corrected chi connectivity index (χ4v) is 2.20. The van der Waals surface area contributed by atoms with Crippen molar-refractivity contribution in [3.05, 3.63) is 76.6 Å². The molecule has 2 heteroatoms. The van der Waals surface area contributed by atoms with E-state index in [4.69, 9.17) is 0 Å². The van der Waals surface area contributed by atoms with E-state index in [0.29, 0.717) is 0 Å². The van der Waals surface area contributed by atoms with Crippen molar-refractivity contribution in [2.45, 2.75) is 33.1 Å². The minimum absolute atomic E-state index is 0.0570. The minimum Gasteiger partial charge on any atom is -0.209 e. The number of halogens is 2. The molecule has 23 heavy (non-hydrogen) atoms. The first kappa shape index (κ1) is 17.0. The Kier molecular flexibility index (Phi) is 6.11. The molecule has 0 heterocycles. The molecule has 0 amide bonds. The second-order valence-corrected chi connectivity index (χ2v) is 5.35. The Labute approximate surface area is 136 Å². The summed E-state index contributed by atoms with van der Waals surface area (Å²) in [7, 11) is 0. The molecule has 0 fully saturated rings. The van der Waals surface area contributed by atoms with Gasteiger partial charge in [0.25, 0.3) is 0 Å². The molecule has 0 aliphatic rings. The van der Waals surface area contributed by atoms with Crippen molar-refractivity contribution in [1.29, 1.82) is 0 Å². The van der Waals surface area contributed by atoms with Gasteiger partial charge in [-0.1, -0.05) is 56.4 Å². The van der Waals surface area contributed by atoms with Gasteiger partial charge in [0.05, 0.1) is 0 Å². The maximum atomic E-state index is 13.7. The van der Waals surface area contributed by atoms with E-state index >= 15 is 0 Å². The molecular weight excluding hydrogens is 290 g/mol. The molecule has 0 saturated carbocycles. The van der Waals surface area contributed by atoms with Gasteiger partial charge in [-0.05, 0) is 42.7 Å². The lowest BCUT2D eigenvalue weighted by molar-refractivity contribution is 0.576. The van der Waals surface area contributed by atoms with Crippen LogP contribution in [0.25, 0.3) is 5.83 Å². The summed E-state index contributed by atoms with van der Waals surface area (Å²) >= 11 is 0. The summed E-state index contributed by atoms with van der Waals surface area (Å²) in [4.78, 5) is 0. The standard InChI is InChI=1S/C21H20F2/c1-3-5-16-6-8-17(9-7-16)10-11-18-12-14-19(15-13-18)21(23)20(22)4-2/h6-9,12-15H,3-5H2,1-2H3/b21-20-. The van der Waals surface area contributed by atoms with Crippen LogP contribution in [-0.2, 0) is 6.42 Å². The molecule has 0 aliphatic heterocycles. The van der Waals surface area contributed by atoms with Crippen LogP contribution < -0.4 is 0 Å². The molecule has 0 radical (unpaired) electrons. The highest BCUT2D eigenvalue weighted by molar-refractivity contribution is 5.61. The summed E-state index contributed by atoms with van der Waals surface area (Å²) in [5.41, 5.74) is 3.27. The fourth-order valence-electron chi connectivity index (χ4n) is 2.20. The molecule has 0 saturated heterocycles. The van der Waals surface area contributed by atoms with Gasteiger partial charge < -0.3 is 0 Å². The SMILES string of the molecule is CCCc1ccc(C#Cc2ccc(/C(F)=C(/F)CC)cc2)cc1. The van der Waals surface area contributed by atoms with Crippen molar-refractivity contribution in [2.75, 3.05) is 0 Å². The third-order valence-electron chi connectivity index (χ3n) is 3.53. The maximum absolute atomic E-state index is 13.7. The number of hydrogen-bond donors (Lipinski definition) is 0. The predicted octanol–water partition coefficient (Wildman–Crippen LogP) is 6.06. The van der Waals surface area contributed by atoms with Crippen molar-refractivity contribution in [2.24, 2.45) is 0 Å². The van der Waals surface area contributed by atoms with Gasteiger partial charge in [-0.2, -0.15) is 0 Å². The van der Waals surface area contributed by atoms with Crippen LogP contribution in [-0.4, -0.2) is 0 Å². The highest BCUT2D eigenvalue weighted by atomic mass is 19.2. The first-order valence-electron chi connectivity index (χ1n) is 7.89. The minimum atomic E-state index is -0.793. The van der Waals surface area contributed by atoms with Gasteiger partial charge in [-0.15, -0.1) is 0 Å². The maximum Gasteiger partial charge on any atom is 0.161 e. The van der Waals surface area contributed by atoms with Crippen LogP contribution in [0.2, 0.25) is 0 Å². The number of hydrogen-bond acceptors (Lipinski definition) is 0. The highest BCUT2D eigenvalue weighted by Gasteiger charge is 2.06. The van der Waals surface area contributed by atoms with Crippen LogP contribution in [0.4, 0.5) is 8.78 Å². The van der Waals surface area contributed by atoms with E-state index in [1.807, 2.05) is 12.1 Å². The molecule has 0 atom stereocenters. The van der Waals surface area contributed by atoms with Crippen LogP contribution in [0.15, 0.2) is 54.4 Å². The molecule has 0 bridgehead atoms. The number of aryl methyl sites for hydroxylation is 1. The molecule has 2 aromatic carbocycles. The largest absolute Gasteiger partial charge is 0.209 e. The van der Waals surface area contributed by atoms with Crippen molar-refractivity contribution >= 4 is 5.83 Å². The summed E-state index contributed by atoms with van der Waals surface area (Å²) < 4.78 is 26.9. The Balaban J connectivity index is 2.13. The quantitative estimate of drug-likeness (QED) is 0.602. The molecule has 2 rings (SSSR count). The zero-order valence-electron chi connectivity index (χ0n) is 13.5. The second-order valence-electron chi connectivity index (χ2n) is 5.35. The Morgan fingerprint density at radius 2 is 1.35 bits per heavy atom. The van der Waals surface area contributed by atoms with Crippen LogP contribution in [0.3, 0.4) is 0 Å². The highest BCUT2D eigenvalue weighted by Crippen LogP contribution is 2.23. The van der Waals surface area contributed by atoms with E-state index < -0.39 is 11.7 Å². The topological polar surface area (TPSA) is 0 Å². The average Bonchev–Trinajstić information content (AvgIpc) is 2.60. The van der Waals surface area contributed by atoms with E-state index in [1.165, 1.54) is 5.56 Å². The normalized spacial score (nSPS) is 11.5. The van der Waals surface area contributed by atoms with Crippen LogP contribution >= 0.6 is 0 Å². The summed E-state index contributed by atoms with van der Waals surface area (Å²) in [6.07, 6.45) is 2.25. The van der Waals surface area contributed by atoms with Gasteiger partial charge >= 0.3 is 0 Å². The number of allylic oxidation sites excluding steroid dienone is 1. The number of rotatable bonds is 4. The van der Waals surface area contributed by atoms with Gasteiger partial charge in [-0.3, -0.25) is 0 Å². The van der Waals surface area contributed by atoms with E-state index in [-0.39, 0.29) is 12.0 Å². The van der Waals surface area contributed by atoms with E-state index in [1.54, 1.807) is 31.2 Å². The zero-order valence-corrected chi connectivity index (χ0v) is 13.5. The summed E-state index contributed by atoms with van der Waals surface area (Å²) in [5.74, 6) is 4.60. The molecule has 0 spiro atoms. The lowest BCUT2D eigenvalue weighted by Crippen LogP contribution is -1.84. The fraction of sp³-hybridized carbons (Fsp3) is 0.238. The molecule has 0 nitrogen and oxygen atoms in total. The average molecular weight is 310 g/mol. The molecule has 0 aromatic heterocycles. The zero-order chi connectivity index (χ0) is 16.7. The lowest BCUT2D eigenvalue weighted by atomic mass is 10.1. The van der Waals surface area contributed by atoms with Crippen molar-refractivity contribution in [1.82, 2.24) is 0 Å². The van der Waals surface area contributed by atoms with Gasteiger partial charge in [-0.25, -0.2) is 8.78 Å². The van der Waals surface area contributed by atoms with Crippen LogP contribution in [0.1, 0.15) is 48.9 Å². The molecule has 2 aromatic rings. The molecule has 0 aliphatic carbocycles. The Hall–Kier alpha value is -2.40. The van der Waals surface area contributed by atoms with Crippen molar-refractivity contribution in [3.8, 4) is 11.8 Å². The van der Waals surface area contributed by atoms with Crippen molar-refractivity contribution < 1.29 is 8.78 Å². The Morgan fingerprint density at radius 3 is 1.83 bits per heavy atom. The van der Waals surface area contributed by atoms with Crippen molar-refractivity contribution in [3.63, 3.8) is 0 Å². The molecular formula is C21H20F2. The summed E-state index contributed by atoms with van der Waals surface area (Å²) in [5, 5.41) is 0. The second kappa shape index (κ2) is 8.29. The number of benzene rings is 2. The smallest absolute Gasteiger partial charge is 0.161 e. The van der Waals surface area contributed by atoms with Gasteiger partial charge in [0.2, 0.25) is 0 Å². The van der Waals surface area contributed by atoms with Crippen LogP contribution in [0, 0.1) is 11.8 Å². The van der Waals surface area contributed by atoms with Crippen LogP contribution in [0.5, 0.6) is 0 Å². The van der Waals surface area contributed by atoms with E-state index in [2.05, 4.69) is 30.9 Å². The third-order valence-corrected chi connectivity index (χ3v) is 3.53. The summed E-state index contributed by atoms with van der Waals surface area (Å²) in [6, 6.07) is 14.7. The monoisotopic (exact) mass is 310 g/mol. The predicted molar refractivity (Wildman–Crippen MR) is 92.3 cm³/mol. The molecule has 0 N–H and O–H groups in total. The molecule has 118 valence electrons. The van der Waals surface area contributed by atoms with Gasteiger partial charge in [0.1, 0.15) is 5.83 Å². The first-order chi connectivity index (χ1) is 11.1. The lowest BCUT2D eigenvalue weighted by Gasteiger charge is -2.00. The first-order valence-corrected chi connectivity index (χ1v) is 7.89.